The molecule has 3 aliphatic rings. The van der Waals surface area contributed by atoms with Gasteiger partial charge in [-0.2, -0.15) is 0 Å². The molecule has 1 aliphatic heterocycles. The predicted octanol–water partition coefficient (Wildman–Crippen LogP) is 9.13. The summed E-state index contributed by atoms with van der Waals surface area (Å²) >= 11 is 0. The first-order valence-electron chi connectivity index (χ1n) is 20.5. The third kappa shape index (κ3) is 9.88. The van der Waals surface area contributed by atoms with Gasteiger partial charge in [-0.3, -0.25) is 9.69 Å². The number of allylic oxidation sites excluding steroid dienone is 1. The Morgan fingerprint density at radius 1 is 1.02 bits per heavy atom. The number of unbranched alkanes of at least 4 members (excludes halogenated alkanes) is 2. The lowest BCUT2D eigenvalue weighted by Crippen LogP contribution is -2.70. The van der Waals surface area contributed by atoms with Gasteiger partial charge in [-0.1, -0.05) is 54.4 Å². The largest absolute Gasteiger partial charge is 0.459 e. The van der Waals surface area contributed by atoms with E-state index in [1.807, 2.05) is 39.0 Å². The van der Waals surface area contributed by atoms with Crippen molar-refractivity contribution in [1.82, 2.24) is 4.90 Å². The molecule has 316 valence electrons. The van der Waals surface area contributed by atoms with E-state index in [1.54, 1.807) is 47.4 Å². The molecule has 59 heavy (non-hydrogen) atoms. The van der Waals surface area contributed by atoms with Crippen LogP contribution >= 0.6 is 0 Å². The minimum absolute atomic E-state index is 0.0100. The van der Waals surface area contributed by atoms with Gasteiger partial charge in [-0.05, 0) is 112 Å². The first-order valence-corrected chi connectivity index (χ1v) is 20.5. The number of rotatable bonds is 18. The van der Waals surface area contributed by atoms with E-state index >= 15 is 0 Å². The summed E-state index contributed by atoms with van der Waals surface area (Å²) in [4.78, 5) is 33.5. The number of hydrogen-bond acceptors (Lipinski definition) is 10. The Bertz CT molecular complexity index is 1990. The number of oxime groups is 1. The third-order valence-corrected chi connectivity index (χ3v) is 11.4. The number of nitrogens with zero attached hydrogens (tertiary/aromatic N) is 2. The van der Waals surface area contributed by atoms with Gasteiger partial charge in [-0.15, -0.1) is 6.58 Å². The minimum atomic E-state index is -1.52. The van der Waals surface area contributed by atoms with Gasteiger partial charge in [0.1, 0.15) is 41.0 Å². The summed E-state index contributed by atoms with van der Waals surface area (Å²) in [5, 5.41) is 24.6. The molecule has 6 atom stereocenters. The van der Waals surface area contributed by atoms with Crippen LogP contribution in [0, 0.1) is 23.6 Å². The van der Waals surface area contributed by atoms with Crippen LogP contribution in [0.3, 0.4) is 0 Å². The second kappa shape index (κ2) is 19.4. The van der Waals surface area contributed by atoms with E-state index in [4.69, 9.17) is 28.9 Å². The van der Waals surface area contributed by atoms with Crippen molar-refractivity contribution < 1.29 is 48.0 Å². The zero-order chi connectivity index (χ0) is 42.2. The Labute approximate surface area is 346 Å². The van der Waals surface area contributed by atoms with E-state index in [9.17, 15) is 24.2 Å². The molecule has 0 spiro atoms. The highest BCUT2D eigenvalue weighted by Crippen LogP contribution is 2.62. The number of amides is 1. The highest BCUT2D eigenvalue weighted by molar-refractivity contribution is 6.03. The van der Waals surface area contributed by atoms with Crippen LogP contribution in [0.25, 0.3) is 0 Å². The van der Waals surface area contributed by atoms with Gasteiger partial charge >= 0.3 is 6.09 Å². The minimum Gasteiger partial charge on any atom is -0.459 e. The monoisotopic (exact) mass is 812 g/mol. The molecule has 2 N–H and O–H groups in total. The van der Waals surface area contributed by atoms with Crippen molar-refractivity contribution in [3.63, 3.8) is 0 Å². The molecule has 0 unspecified atom stereocenters. The number of hydrogen-bond donors (Lipinski definition) is 2. The molecule has 2 aliphatic carbocycles. The number of carbonyl (C=O) groups excluding carboxylic acids is 2. The van der Waals surface area contributed by atoms with Crippen molar-refractivity contribution in [2.45, 2.75) is 95.6 Å². The Hall–Kier alpha value is -5.04. The van der Waals surface area contributed by atoms with Crippen molar-refractivity contribution in [2.24, 2.45) is 22.9 Å². The number of benzene rings is 3. The molecule has 0 aromatic heterocycles. The SMILES string of the molecule is C=CCO[C@@]12Oc3ccc(Oc4cccc(C=O)c4)cc3[C@H]3[C@H](CCCCO)[C@@H](CCCCO)C=C(C(=NOC(C)(C)C)C[C@@H]1N(Cc1ccc(F)cc1)C(=O)OC)[C@H]32. The molecule has 0 bridgehead atoms. The summed E-state index contributed by atoms with van der Waals surface area (Å²) in [6.45, 7) is 10.0. The molecule has 3 aromatic carbocycles. The number of methoxy groups -OCH3 is 1. The van der Waals surface area contributed by atoms with Gasteiger partial charge in [-0.25, -0.2) is 9.18 Å². The van der Waals surface area contributed by atoms with Crippen LogP contribution in [0.4, 0.5) is 9.18 Å². The Balaban J connectivity index is 1.61. The van der Waals surface area contributed by atoms with Crippen LogP contribution in [0.1, 0.15) is 93.1 Å². The van der Waals surface area contributed by atoms with Crippen LogP contribution < -0.4 is 9.47 Å². The zero-order valence-electron chi connectivity index (χ0n) is 34.5. The van der Waals surface area contributed by atoms with Crippen molar-refractivity contribution >= 4 is 18.1 Å². The molecule has 11 nitrogen and oxygen atoms in total. The number of carbonyl (C=O) groups is 2. The number of aldehydes is 1. The smallest absolute Gasteiger partial charge is 0.410 e. The lowest BCUT2D eigenvalue weighted by Gasteiger charge is -2.59. The highest BCUT2D eigenvalue weighted by atomic mass is 19.1. The van der Waals surface area contributed by atoms with Gasteiger partial charge in [0, 0.05) is 43.2 Å². The van der Waals surface area contributed by atoms with Crippen molar-refractivity contribution in [3.05, 3.63) is 114 Å². The molecule has 1 saturated carbocycles. The van der Waals surface area contributed by atoms with Crippen LogP contribution in [-0.2, 0) is 20.9 Å². The molecule has 0 radical (unpaired) electrons. The number of fused-ring (bicyclic) bond motifs is 2. The zero-order valence-corrected chi connectivity index (χ0v) is 34.5. The Morgan fingerprint density at radius 3 is 2.42 bits per heavy atom. The maximum Gasteiger partial charge on any atom is 0.410 e. The van der Waals surface area contributed by atoms with Crippen LogP contribution in [0.2, 0.25) is 0 Å². The maximum absolute atomic E-state index is 14.2. The number of ether oxygens (including phenoxy) is 4. The summed E-state index contributed by atoms with van der Waals surface area (Å²) in [5.74, 6) is -1.15. The molecular weight excluding hydrogens is 756 g/mol. The molecule has 12 heteroatoms. The molecule has 3 aromatic rings. The average molecular weight is 813 g/mol. The topological polar surface area (TPSA) is 136 Å². The van der Waals surface area contributed by atoms with Crippen LogP contribution in [-0.4, -0.2) is 77.6 Å². The fourth-order valence-electron chi connectivity index (χ4n) is 8.90. The van der Waals surface area contributed by atoms with Crippen molar-refractivity contribution in [2.75, 3.05) is 26.9 Å². The molecule has 1 fully saturated rings. The summed E-state index contributed by atoms with van der Waals surface area (Å²) in [5.41, 5.74) is 2.91. The molecule has 1 amide bonds. The predicted molar refractivity (Wildman–Crippen MR) is 222 cm³/mol. The van der Waals surface area contributed by atoms with Gasteiger partial charge in [0.15, 0.2) is 0 Å². The molecule has 0 saturated heterocycles. The summed E-state index contributed by atoms with van der Waals surface area (Å²) in [7, 11) is 1.32. The van der Waals surface area contributed by atoms with Crippen LogP contribution in [0.15, 0.2) is 96.2 Å². The molecule has 1 heterocycles. The Kier molecular flexibility index (Phi) is 14.3. The van der Waals surface area contributed by atoms with Gasteiger partial charge in [0.25, 0.3) is 0 Å². The molecular formula is C47H57FN2O9. The quantitative estimate of drug-likeness (QED) is 0.0558. The van der Waals surface area contributed by atoms with E-state index in [-0.39, 0.29) is 50.5 Å². The Morgan fingerprint density at radius 2 is 1.75 bits per heavy atom. The van der Waals surface area contributed by atoms with E-state index in [0.717, 1.165) is 43.1 Å². The van der Waals surface area contributed by atoms with Gasteiger partial charge < -0.3 is 34.0 Å². The first-order chi connectivity index (χ1) is 28.4. The molecule has 6 rings (SSSR count). The van der Waals surface area contributed by atoms with E-state index < -0.39 is 35.3 Å². The van der Waals surface area contributed by atoms with Crippen molar-refractivity contribution in [3.8, 4) is 17.2 Å². The summed E-state index contributed by atoms with van der Waals surface area (Å²) < 4.78 is 40.3. The van der Waals surface area contributed by atoms with E-state index in [2.05, 4.69) is 12.7 Å². The lowest BCUT2D eigenvalue weighted by molar-refractivity contribution is -0.256. The third-order valence-electron chi connectivity index (χ3n) is 11.4. The normalized spacial score (nSPS) is 23.9. The average Bonchev–Trinajstić information content (AvgIpc) is 3.23. The lowest BCUT2D eigenvalue weighted by atomic mass is 9.55. The number of aliphatic hydroxyl groups excluding tert-OH is 2. The fourth-order valence-corrected chi connectivity index (χ4v) is 8.90. The maximum atomic E-state index is 14.2. The second-order valence-corrected chi connectivity index (χ2v) is 16.5. The van der Waals surface area contributed by atoms with E-state index in [0.29, 0.717) is 46.9 Å². The summed E-state index contributed by atoms with van der Waals surface area (Å²) in [6.07, 6.45) is 8.60. The highest BCUT2D eigenvalue weighted by Gasteiger charge is 2.65. The van der Waals surface area contributed by atoms with Gasteiger partial charge in [0.05, 0.1) is 25.3 Å². The first kappa shape index (κ1) is 43.5. The standard InChI is InChI=1S/C47H57FN2O9/c1-6-24-56-47-42(50(45(54)55-5)29-31-16-18-34(48)19-17-31)28-40(49-59-46(2,3)4)38-26-33(13-7-9-22-51)37(15-8-10-23-52)43(44(38)47)39-27-36(20-21-41(39)58-47)57-35-14-11-12-32(25-35)30-53/h6,11-12,14,16-21,25-27,30,33,37,42-44,51-52H,1,7-10,13,15,22-24,28-29H2,2-5H3/t33-,37+,42-,43+,44+,47+/m0/s1. The van der Waals surface area contributed by atoms with Crippen molar-refractivity contribution in [1.29, 1.82) is 0 Å². The summed E-state index contributed by atoms with van der Waals surface area (Å²) in [6, 6.07) is 17.7. The number of halogens is 1. The van der Waals surface area contributed by atoms with Crippen LogP contribution in [0.5, 0.6) is 17.2 Å². The fraction of sp³-hybridized carbons (Fsp3) is 0.468. The second-order valence-electron chi connectivity index (χ2n) is 16.5. The number of aliphatic hydroxyl groups is 2. The van der Waals surface area contributed by atoms with Gasteiger partial charge in [0.2, 0.25) is 5.79 Å². The van der Waals surface area contributed by atoms with E-state index in [1.165, 1.54) is 19.2 Å².